The maximum Gasteiger partial charge on any atom is 0.0776 e. The first kappa shape index (κ1) is 13.6. The molecule has 1 aromatic heterocycles. The number of ether oxygens (including phenoxy) is 1. The van der Waals surface area contributed by atoms with Crippen molar-refractivity contribution in [2.24, 2.45) is 0 Å². The second kappa shape index (κ2) is 5.41. The van der Waals surface area contributed by atoms with Gasteiger partial charge < -0.3 is 10.1 Å². The first-order valence-corrected chi connectivity index (χ1v) is 6.83. The average molecular weight is 251 g/mol. The van der Waals surface area contributed by atoms with E-state index in [1.54, 1.807) is 0 Å². The van der Waals surface area contributed by atoms with Gasteiger partial charge in [0.25, 0.3) is 0 Å². The van der Waals surface area contributed by atoms with Gasteiger partial charge in [-0.15, -0.1) is 0 Å². The maximum absolute atomic E-state index is 6.05. The van der Waals surface area contributed by atoms with E-state index in [0.29, 0.717) is 12.2 Å². The first-order valence-electron chi connectivity index (χ1n) is 6.83. The lowest BCUT2D eigenvalue weighted by Gasteiger charge is -2.23. The summed E-state index contributed by atoms with van der Waals surface area (Å²) < 4.78 is 8.03. The highest BCUT2D eigenvalue weighted by Crippen LogP contribution is 2.21. The number of nitrogens with one attached hydrogen (secondary N) is 1. The molecule has 1 aromatic rings. The standard InChI is InChI=1S/C14H25N3O/c1-11-7-8-17(16-11)10-13-6-5-12(18-13)9-15-14(2,3)4/h7-8,12-13,15H,5-6,9-10H2,1-4H3. The van der Waals surface area contributed by atoms with Gasteiger partial charge in [-0.3, -0.25) is 4.68 Å². The van der Waals surface area contributed by atoms with Crippen molar-refractivity contribution >= 4 is 0 Å². The zero-order valence-corrected chi connectivity index (χ0v) is 11.9. The van der Waals surface area contributed by atoms with E-state index < -0.39 is 0 Å². The van der Waals surface area contributed by atoms with Gasteiger partial charge >= 0.3 is 0 Å². The minimum Gasteiger partial charge on any atom is -0.372 e. The number of aromatic nitrogens is 2. The Kier molecular flexibility index (Phi) is 4.07. The van der Waals surface area contributed by atoms with Crippen LogP contribution in [0.5, 0.6) is 0 Å². The molecule has 1 aliphatic heterocycles. The van der Waals surface area contributed by atoms with Crippen molar-refractivity contribution in [2.45, 2.75) is 64.8 Å². The van der Waals surface area contributed by atoms with Crippen LogP contribution in [-0.4, -0.2) is 34.1 Å². The summed E-state index contributed by atoms with van der Waals surface area (Å²) in [6.45, 7) is 10.4. The predicted molar refractivity (Wildman–Crippen MR) is 72.6 cm³/mol. The summed E-state index contributed by atoms with van der Waals surface area (Å²) in [5.41, 5.74) is 1.24. The molecule has 0 aliphatic carbocycles. The maximum atomic E-state index is 6.05. The SMILES string of the molecule is Cc1ccn(CC2CCC(CNC(C)(C)C)O2)n1. The van der Waals surface area contributed by atoms with E-state index in [2.05, 4.69) is 31.2 Å². The lowest BCUT2D eigenvalue weighted by atomic mass is 10.1. The Labute approximate surface area is 110 Å². The monoisotopic (exact) mass is 251 g/mol. The Hall–Kier alpha value is -0.870. The van der Waals surface area contributed by atoms with Crippen LogP contribution in [0.3, 0.4) is 0 Å². The molecule has 0 spiro atoms. The number of rotatable bonds is 4. The topological polar surface area (TPSA) is 39.1 Å². The fraction of sp³-hybridized carbons (Fsp3) is 0.786. The lowest BCUT2D eigenvalue weighted by molar-refractivity contribution is 0.0312. The van der Waals surface area contributed by atoms with E-state index >= 15 is 0 Å². The third kappa shape index (κ3) is 4.10. The second-order valence-electron chi connectivity index (χ2n) is 6.27. The molecule has 2 atom stereocenters. The van der Waals surface area contributed by atoms with Crippen LogP contribution >= 0.6 is 0 Å². The smallest absolute Gasteiger partial charge is 0.0776 e. The summed E-state index contributed by atoms with van der Waals surface area (Å²) in [5, 5.41) is 7.91. The number of hydrogen-bond acceptors (Lipinski definition) is 3. The van der Waals surface area contributed by atoms with E-state index in [4.69, 9.17) is 4.74 Å². The van der Waals surface area contributed by atoms with Crippen molar-refractivity contribution in [1.82, 2.24) is 15.1 Å². The number of hydrogen-bond donors (Lipinski definition) is 1. The quantitative estimate of drug-likeness (QED) is 0.891. The van der Waals surface area contributed by atoms with Crippen LogP contribution in [0.2, 0.25) is 0 Å². The Morgan fingerprint density at radius 1 is 1.39 bits per heavy atom. The van der Waals surface area contributed by atoms with E-state index in [0.717, 1.165) is 31.6 Å². The molecule has 102 valence electrons. The normalized spacial score (nSPS) is 24.7. The van der Waals surface area contributed by atoms with E-state index in [1.165, 1.54) is 0 Å². The molecular formula is C14H25N3O. The van der Waals surface area contributed by atoms with Crippen LogP contribution in [0.25, 0.3) is 0 Å². The largest absolute Gasteiger partial charge is 0.372 e. The van der Waals surface area contributed by atoms with E-state index in [9.17, 15) is 0 Å². The van der Waals surface area contributed by atoms with Gasteiger partial charge in [0.05, 0.1) is 24.4 Å². The van der Waals surface area contributed by atoms with Crippen molar-refractivity contribution in [3.8, 4) is 0 Å². The summed E-state index contributed by atoms with van der Waals surface area (Å²) in [7, 11) is 0. The fourth-order valence-corrected chi connectivity index (χ4v) is 2.26. The number of nitrogens with zero attached hydrogens (tertiary/aromatic N) is 2. The van der Waals surface area contributed by atoms with Gasteiger partial charge in [-0.1, -0.05) is 0 Å². The van der Waals surface area contributed by atoms with Crippen molar-refractivity contribution in [3.63, 3.8) is 0 Å². The summed E-state index contributed by atoms with van der Waals surface area (Å²) in [4.78, 5) is 0. The molecule has 0 bridgehead atoms. The van der Waals surface area contributed by atoms with Gasteiger partial charge in [0, 0.05) is 18.3 Å². The molecule has 1 N–H and O–H groups in total. The van der Waals surface area contributed by atoms with Crippen LogP contribution in [-0.2, 0) is 11.3 Å². The molecule has 0 aromatic carbocycles. The van der Waals surface area contributed by atoms with Crippen LogP contribution in [0, 0.1) is 6.92 Å². The van der Waals surface area contributed by atoms with Crippen LogP contribution in [0.4, 0.5) is 0 Å². The van der Waals surface area contributed by atoms with Gasteiger partial charge in [-0.2, -0.15) is 5.10 Å². The zero-order chi connectivity index (χ0) is 13.2. The first-order chi connectivity index (χ1) is 8.42. The third-order valence-electron chi connectivity index (χ3n) is 3.22. The van der Waals surface area contributed by atoms with E-state index in [1.807, 2.05) is 23.9 Å². The van der Waals surface area contributed by atoms with Crippen LogP contribution in [0.15, 0.2) is 12.3 Å². The number of aryl methyl sites for hydroxylation is 1. The zero-order valence-electron chi connectivity index (χ0n) is 11.9. The average Bonchev–Trinajstić information content (AvgIpc) is 2.85. The van der Waals surface area contributed by atoms with Gasteiger partial charge in [0.2, 0.25) is 0 Å². The van der Waals surface area contributed by atoms with Crippen molar-refractivity contribution in [1.29, 1.82) is 0 Å². The molecule has 0 radical (unpaired) electrons. The molecule has 1 saturated heterocycles. The highest BCUT2D eigenvalue weighted by Gasteiger charge is 2.26. The van der Waals surface area contributed by atoms with Crippen molar-refractivity contribution in [3.05, 3.63) is 18.0 Å². The van der Waals surface area contributed by atoms with E-state index in [-0.39, 0.29) is 5.54 Å². The van der Waals surface area contributed by atoms with Gasteiger partial charge in [0.1, 0.15) is 0 Å². The molecule has 1 aliphatic rings. The lowest BCUT2D eigenvalue weighted by Crippen LogP contribution is -2.41. The molecule has 18 heavy (non-hydrogen) atoms. The van der Waals surface area contributed by atoms with Gasteiger partial charge in [-0.25, -0.2) is 0 Å². The Bertz CT molecular complexity index is 381. The molecule has 4 nitrogen and oxygen atoms in total. The minimum absolute atomic E-state index is 0.167. The molecule has 2 rings (SSSR count). The molecule has 0 saturated carbocycles. The summed E-state index contributed by atoms with van der Waals surface area (Å²) in [6, 6.07) is 2.04. The summed E-state index contributed by atoms with van der Waals surface area (Å²) >= 11 is 0. The van der Waals surface area contributed by atoms with Crippen molar-refractivity contribution < 1.29 is 4.74 Å². The molecule has 0 amide bonds. The molecule has 2 unspecified atom stereocenters. The second-order valence-corrected chi connectivity index (χ2v) is 6.27. The Morgan fingerprint density at radius 2 is 2.11 bits per heavy atom. The highest BCUT2D eigenvalue weighted by molar-refractivity contribution is 4.95. The third-order valence-corrected chi connectivity index (χ3v) is 3.22. The Morgan fingerprint density at radius 3 is 2.72 bits per heavy atom. The predicted octanol–water partition coefficient (Wildman–Crippen LogP) is 2.13. The van der Waals surface area contributed by atoms with Crippen LogP contribution in [0.1, 0.15) is 39.3 Å². The van der Waals surface area contributed by atoms with Gasteiger partial charge in [-0.05, 0) is 46.6 Å². The minimum atomic E-state index is 0.167. The molecule has 1 fully saturated rings. The Balaban J connectivity index is 1.75. The molecule has 2 heterocycles. The highest BCUT2D eigenvalue weighted by atomic mass is 16.5. The van der Waals surface area contributed by atoms with Crippen LogP contribution < -0.4 is 5.32 Å². The van der Waals surface area contributed by atoms with Crippen molar-refractivity contribution in [2.75, 3.05) is 6.54 Å². The summed E-state index contributed by atoms with van der Waals surface area (Å²) in [6.07, 6.45) is 4.98. The fourth-order valence-electron chi connectivity index (χ4n) is 2.26. The summed E-state index contributed by atoms with van der Waals surface area (Å²) in [5.74, 6) is 0. The molecular weight excluding hydrogens is 226 g/mol. The van der Waals surface area contributed by atoms with Gasteiger partial charge in [0.15, 0.2) is 0 Å². The molecule has 4 heteroatoms.